The highest BCUT2D eigenvalue weighted by atomic mass is 35.5. The van der Waals surface area contributed by atoms with Gasteiger partial charge in [-0.1, -0.05) is 29.8 Å². The summed E-state index contributed by atoms with van der Waals surface area (Å²) in [6.45, 7) is 3.95. The van der Waals surface area contributed by atoms with Crippen molar-refractivity contribution in [3.63, 3.8) is 0 Å². The van der Waals surface area contributed by atoms with E-state index in [1.807, 2.05) is 50.4 Å². The van der Waals surface area contributed by atoms with Gasteiger partial charge in [0.25, 0.3) is 0 Å². The number of phenolic OH excluding ortho intramolecular Hbond substituents is 1. The third-order valence-corrected chi connectivity index (χ3v) is 4.06. The van der Waals surface area contributed by atoms with Gasteiger partial charge < -0.3 is 15.7 Å². The molecule has 0 aliphatic heterocycles. The van der Waals surface area contributed by atoms with Crippen molar-refractivity contribution in [1.29, 1.82) is 0 Å². The quantitative estimate of drug-likeness (QED) is 0.887. The number of hydrogen-bond donors (Lipinski definition) is 2. The van der Waals surface area contributed by atoms with Gasteiger partial charge in [0, 0.05) is 35.4 Å². The van der Waals surface area contributed by atoms with Crippen LogP contribution < -0.4 is 10.6 Å². The smallest absolute Gasteiger partial charge is 0.122 e. The number of aromatic hydroxyl groups is 1. The Labute approximate surface area is 131 Å². The summed E-state index contributed by atoms with van der Waals surface area (Å²) in [5.74, 6) is 0.229. The van der Waals surface area contributed by atoms with Gasteiger partial charge in [-0.05, 0) is 37.6 Å². The molecule has 4 heteroatoms. The highest BCUT2D eigenvalue weighted by molar-refractivity contribution is 6.30. The average molecular weight is 305 g/mol. The summed E-state index contributed by atoms with van der Waals surface area (Å²) in [6, 6.07) is 13.4. The normalized spacial score (nSPS) is 13.8. The fourth-order valence-corrected chi connectivity index (χ4v) is 2.55. The number of benzene rings is 2. The van der Waals surface area contributed by atoms with Crippen molar-refractivity contribution < 1.29 is 5.11 Å². The van der Waals surface area contributed by atoms with E-state index in [1.165, 1.54) is 0 Å². The van der Waals surface area contributed by atoms with Gasteiger partial charge in [0.05, 0.1) is 6.04 Å². The van der Waals surface area contributed by atoms with Gasteiger partial charge in [-0.25, -0.2) is 0 Å². The lowest BCUT2D eigenvalue weighted by atomic mass is 10.0. The Hall–Kier alpha value is -1.71. The zero-order chi connectivity index (χ0) is 15.6. The van der Waals surface area contributed by atoms with Gasteiger partial charge in [0.15, 0.2) is 0 Å². The number of halogens is 1. The molecule has 21 heavy (non-hydrogen) atoms. The number of rotatable bonds is 4. The Bertz CT molecular complexity index is 628. The first-order valence-electron chi connectivity index (χ1n) is 6.97. The Morgan fingerprint density at radius 3 is 2.43 bits per heavy atom. The molecule has 0 aliphatic rings. The van der Waals surface area contributed by atoms with Crippen LogP contribution in [0.25, 0.3) is 0 Å². The Balaban J connectivity index is 2.27. The first kappa shape index (κ1) is 15.7. The van der Waals surface area contributed by atoms with Crippen LogP contribution in [0.4, 0.5) is 5.69 Å². The molecule has 3 nitrogen and oxygen atoms in total. The summed E-state index contributed by atoms with van der Waals surface area (Å²) in [5, 5.41) is 10.8. The highest BCUT2D eigenvalue weighted by Crippen LogP contribution is 2.32. The van der Waals surface area contributed by atoms with Crippen molar-refractivity contribution in [2.75, 3.05) is 11.9 Å². The maximum atomic E-state index is 10.1. The standard InChI is InChI=1S/C17H21ClN2O/c1-11(19)16-8-7-15(10-17(16)21)20(3)12(2)13-5-4-6-14(18)9-13/h4-12,21H,19H2,1-3H3. The van der Waals surface area contributed by atoms with Crippen molar-refractivity contribution >= 4 is 17.3 Å². The monoisotopic (exact) mass is 304 g/mol. The van der Waals surface area contributed by atoms with Crippen LogP contribution in [0.2, 0.25) is 5.02 Å². The van der Waals surface area contributed by atoms with E-state index in [9.17, 15) is 5.11 Å². The molecule has 0 aromatic heterocycles. The van der Waals surface area contributed by atoms with E-state index < -0.39 is 0 Å². The van der Waals surface area contributed by atoms with Crippen LogP contribution in [0, 0.1) is 0 Å². The minimum atomic E-state index is -0.185. The van der Waals surface area contributed by atoms with E-state index in [2.05, 4.69) is 11.8 Å². The molecule has 3 N–H and O–H groups in total. The summed E-state index contributed by atoms with van der Waals surface area (Å²) in [7, 11) is 1.99. The van der Waals surface area contributed by atoms with Crippen LogP contribution >= 0.6 is 11.6 Å². The van der Waals surface area contributed by atoms with Crippen LogP contribution in [0.15, 0.2) is 42.5 Å². The van der Waals surface area contributed by atoms with E-state index in [0.29, 0.717) is 0 Å². The molecule has 0 heterocycles. The van der Waals surface area contributed by atoms with E-state index in [-0.39, 0.29) is 17.8 Å². The van der Waals surface area contributed by atoms with Crippen LogP contribution in [0.1, 0.15) is 37.1 Å². The molecule has 2 aromatic rings. The number of nitrogens with zero attached hydrogens (tertiary/aromatic N) is 1. The lowest BCUT2D eigenvalue weighted by Crippen LogP contribution is -2.21. The van der Waals surface area contributed by atoms with Crippen molar-refractivity contribution in [3.05, 3.63) is 58.6 Å². The van der Waals surface area contributed by atoms with Gasteiger partial charge in [-0.3, -0.25) is 0 Å². The molecule has 0 saturated carbocycles. The summed E-state index contributed by atoms with van der Waals surface area (Å²) in [5.41, 5.74) is 8.63. The highest BCUT2D eigenvalue weighted by Gasteiger charge is 2.15. The van der Waals surface area contributed by atoms with Crippen molar-refractivity contribution in [2.45, 2.75) is 25.9 Å². The zero-order valence-corrected chi connectivity index (χ0v) is 13.3. The van der Waals surface area contributed by atoms with Crippen LogP contribution in [-0.2, 0) is 0 Å². The molecule has 2 atom stereocenters. The van der Waals surface area contributed by atoms with Gasteiger partial charge in [0.1, 0.15) is 5.75 Å². The Kier molecular flexibility index (Phi) is 4.76. The first-order valence-corrected chi connectivity index (χ1v) is 7.34. The van der Waals surface area contributed by atoms with Crippen molar-refractivity contribution in [2.24, 2.45) is 5.73 Å². The van der Waals surface area contributed by atoms with E-state index in [4.69, 9.17) is 17.3 Å². The molecule has 112 valence electrons. The van der Waals surface area contributed by atoms with Crippen LogP contribution in [0.3, 0.4) is 0 Å². The molecule has 0 aliphatic carbocycles. The van der Waals surface area contributed by atoms with Crippen molar-refractivity contribution in [3.8, 4) is 5.75 Å². The van der Waals surface area contributed by atoms with Crippen molar-refractivity contribution in [1.82, 2.24) is 0 Å². The molecule has 0 amide bonds. The second-order valence-electron chi connectivity index (χ2n) is 5.37. The fourth-order valence-electron chi connectivity index (χ4n) is 2.35. The van der Waals surface area contributed by atoms with Gasteiger partial charge in [0.2, 0.25) is 0 Å². The summed E-state index contributed by atoms with van der Waals surface area (Å²) in [6.07, 6.45) is 0. The molecule has 0 spiro atoms. The predicted octanol–water partition coefficient (Wildman–Crippen LogP) is 4.26. The van der Waals surface area contributed by atoms with E-state index in [0.717, 1.165) is 21.8 Å². The lowest BCUT2D eigenvalue weighted by molar-refractivity contribution is 0.463. The minimum Gasteiger partial charge on any atom is -0.508 e. The molecule has 0 bridgehead atoms. The summed E-state index contributed by atoms with van der Waals surface area (Å²) in [4.78, 5) is 2.09. The molecular weight excluding hydrogens is 284 g/mol. The third kappa shape index (κ3) is 3.49. The number of phenols is 1. The molecular formula is C17H21ClN2O. The Morgan fingerprint density at radius 1 is 1.14 bits per heavy atom. The molecule has 0 fully saturated rings. The minimum absolute atomic E-state index is 0.143. The van der Waals surface area contributed by atoms with Gasteiger partial charge in [-0.2, -0.15) is 0 Å². The predicted molar refractivity (Wildman–Crippen MR) is 89.0 cm³/mol. The molecule has 2 rings (SSSR count). The molecule has 0 saturated heterocycles. The topological polar surface area (TPSA) is 49.5 Å². The third-order valence-electron chi connectivity index (χ3n) is 3.82. The number of nitrogens with two attached hydrogens (primary N) is 1. The Morgan fingerprint density at radius 2 is 1.86 bits per heavy atom. The summed E-state index contributed by atoms with van der Waals surface area (Å²) >= 11 is 6.05. The average Bonchev–Trinajstić information content (AvgIpc) is 2.45. The zero-order valence-electron chi connectivity index (χ0n) is 12.5. The van der Waals surface area contributed by atoms with E-state index in [1.54, 1.807) is 6.07 Å². The molecule has 2 unspecified atom stereocenters. The number of anilines is 1. The largest absolute Gasteiger partial charge is 0.508 e. The maximum Gasteiger partial charge on any atom is 0.122 e. The second-order valence-corrected chi connectivity index (χ2v) is 5.81. The SMILES string of the molecule is CC(N)c1ccc(N(C)C(C)c2cccc(Cl)c2)cc1O. The maximum absolute atomic E-state index is 10.1. The fraction of sp³-hybridized carbons (Fsp3) is 0.294. The van der Waals surface area contributed by atoms with Gasteiger partial charge in [-0.15, -0.1) is 0 Å². The number of hydrogen-bond acceptors (Lipinski definition) is 3. The van der Waals surface area contributed by atoms with Crippen LogP contribution in [0.5, 0.6) is 5.75 Å². The van der Waals surface area contributed by atoms with E-state index >= 15 is 0 Å². The lowest BCUT2D eigenvalue weighted by Gasteiger charge is -2.28. The second kappa shape index (κ2) is 6.37. The van der Waals surface area contributed by atoms with Crippen LogP contribution in [-0.4, -0.2) is 12.2 Å². The first-order chi connectivity index (χ1) is 9.90. The van der Waals surface area contributed by atoms with Gasteiger partial charge >= 0.3 is 0 Å². The summed E-state index contributed by atoms with van der Waals surface area (Å²) < 4.78 is 0. The molecule has 0 radical (unpaired) electrons. The molecule has 2 aromatic carbocycles.